The molecule has 1 fully saturated rings. The van der Waals surface area contributed by atoms with Crippen LogP contribution in [0.15, 0.2) is 17.2 Å². The minimum absolute atomic E-state index is 0.0569. The summed E-state index contributed by atoms with van der Waals surface area (Å²) in [5, 5.41) is 4.08. The highest BCUT2D eigenvalue weighted by atomic mass is 16.5. The maximum absolute atomic E-state index is 5.48. The van der Waals surface area contributed by atoms with E-state index in [1.807, 2.05) is 0 Å². The molecule has 8 heteroatoms. The maximum Gasteiger partial charge on any atom is 0.249 e. The third-order valence-electron chi connectivity index (χ3n) is 3.99. The molecule has 0 saturated carbocycles. The van der Waals surface area contributed by atoms with Crippen LogP contribution in [0.4, 0.5) is 5.82 Å². The normalized spacial score (nSPS) is 18.7. The summed E-state index contributed by atoms with van der Waals surface area (Å²) in [6, 6.07) is 0.0569. The Hall–Kier alpha value is -2.51. The number of hydrogen-bond donors (Lipinski definition) is 1. The lowest BCUT2D eigenvalue weighted by molar-refractivity contribution is 0.349. The monoisotopic (exact) mass is 299 g/mol. The van der Waals surface area contributed by atoms with Gasteiger partial charge in [-0.05, 0) is 12.8 Å². The van der Waals surface area contributed by atoms with Gasteiger partial charge in [0.05, 0.1) is 6.33 Å². The Labute approximate surface area is 127 Å². The van der Waals surface area contributed by atoms with Gasteiger partial charge in [-0.3, -0.25) is 0 Å². The summed E-state index contributed by atoms with van der Waals surface area (Å²) in [6.45, 7) is 5.01. The minimum atomic E-state index is 0.0569. The van der Waals surface area contributed by atoms with Crippen molar-refractivity contribution in [3.05, 3.63) is 24.4 Å². The van der Waals surface area contributed by atoms with Crippen molar-refractivity contribution in [1.29, 1.82) is 0 Å². The first-order chi connectivity index (χ1) is 10.7. The van der Waals surface area contributed by atoms with E-state index < -0.39 is 0 Å². The van der Waals surface area contributed by atoms with Gasteiger partial charge in [-0.1, -0.05) is 19.0 Å². The predicted octanol–water partition coefficient (Wildman–Crippen LogP) is 2.20. The summed E-state index contributed by atoms with van der Waals surface area (Å²) in [7, 11) is 0. The molecule has 0 spiro atoms. The van der Waals surface area contributed by atoms with Gasteiger partial charge < -0.3 is 14.4 Å². The van der Waals surface area contributed by atoms with Gasteiger partial charge in [0.1, 0.15) is 17.9 Å². The maximum atomic E-state index is 5.48. The third-order valence-corrected chi connectivity index (χ3v) is 3.99. The van der Waals surface area contributed by atoms with Crippen LogP contribution in [0, 0.1) is 0 Å². The zero-order valence-electron chi connectivity index (χ0n) is 12.5. The zero-order chi connectivity index (χ0) is 15.1. The molecule has 3 aromatic heterocycles. The lowest BCUT2D eigenvalue weighted by atomic mass is 10.2. The van der Waals surface area contributed by atoms with Gasteiger partial charge in [-0.25, -0.2) is 15.0 Å². The number of imidazole rings is 1. The van der Waals surface area contributed by atoms with Crippen molar-refractivity contribution < 1.29 is 4.52 Å². The van der Waals surface area contributed by atoms with E-state index in [0.717, 1.165) is 36.5 Å². The molecule has 3 aromatic rings. The van der Waals surface area contributed by atoms with Crippen molar-refractivity contribution >= 4 is 17.0 Å². The molecule has 1 saturated heterocycles. The van der Waals surface area contributed by atoms with Crippen LogP contribution in [0.3, 0.4) is 0 Å². The summed E-state index contributed by atoms with van der Waals surface area (Å²) < 4.78 is 5.48. The van der Waals surface area contributed by atoms with Crippen LogP contribution in [-0.2, 0) is 0 Å². The van der Waals surface area contributed by atoms with Gasteiger partial charge in [-0.2, -0.15) is 4.98 Å². The van der Waals surface area contributed by atoms with E-state index in [0.29, 0.717) is 11.5 Å². The standard InChI is InChI=1S/C14H17N7O/c1-8(2)11-19-14(22-20-11)9-4-3-5-21(9)13-10-12(16-6-15-10)17-7-18-13/h6-9H,3-5H2,1-2H3,(H,15,16,17,18)/t9-/m0/s1. The second-order valence-corrected chi connectivity index (χ2v) is 5.80. The van der Waals surface area contributed by atoms with Gasteiger partial charge in [0, 0.05) is 12.5 Å². The molecule has 1 N–H and O–H groups in total. The molecule has 0 radical (unpaired) electrons. The Balaban J connectivity index is 1.72. The highest BCUT2D eigenvalue weighted by molar-refractivity contribution is 5.83. The molecule has 0 amide bonds. The largest absolute Gasteiger partial charge is 0.343 e. The number of rotatable bonds is 3. The first kappa shape index (κ1) is 13.2. The average Bonchev–Trinajstić information content (AvgIpc) is 3.25. The van der Waals surface area contributed by atoms with Crippen LogP contribution < -0.4 is 4.90 Å². The lowest BCUT2D eigenvalue weighted by Crippen LogP contribution is -2.24. The molecule has 8 nitrogen and oxygen atoms in total. The first-order valence-electron chi connectivity index (χ1n) is 7.48. The third kappa shape index (κ3) is 2.02. The topological polar surface area (TPSA) is 96.6 Å². The summed E-state index contributed by atoms with van der Waals surface area (Å²) in [6.07, 6.45) is 5.21. The molecule has 0 bridgehead atoms. The fourth-order valence-electron chi connectivity index (χ4n) is 2.86. The number of aromatic nitrogens is 6. The molecule has 0 aliphatic carbocycles. The van der Waals surface area contributed by atoms with Crippen LogP contribution in [0.2, 0.25) is 0 Å². The molecule has 22 heavy (non-hydrogen) atoms. The highest BCUT2D eigenvalue weighted by Gasteiger charge is 2.33. The van der Waals surface area contributed by atoms with Crippen LogP contribution >= 0.6 is 0 Å². The Morgan fingerprint density at radius 1 is 1.32 bits per heavy atom. The minimum Gasteiger partial charge on any atom is -0.343 e. The highest BCUT2D eigenvalue weighted by Crippen LogP contribution is 2.36. The first-order valence-corrected chi connectivity index (χ1v) is 7.48. The number of H-pyrrole nitrogens is 1. The van der Waals surface area contributed by atoms with Crippen LogP contribution in [0.1, 0.15) is 50.4 Å². The van der Waals surface area contributed by atoms with Gasteiger partial charge in [-0.15, -0.1) is 0 Å². The number of nitrogens with zero attached hydrogens (tertiary/aromatic N) is 6. The van der Waals surface area contributed by atoms with Crippen LogP contribution in [0.25, 0.3) is 11.2 Å². The quantitative estimate of drug-likeness (QED) is 0.791. The fourth-order valence-corrected chi connectivity index (χ4v) is 2.86. The lowest BCUT2D eigenvalue weighted by Gasteiger charge is -2.22. The number of aromatic amines is 1. The second-order valence-electron chi connectivity index (χ2n) is 5.80. The molecule has 0 aromatic carbocycles. The predicted molar refractivity (Wildman–Crippen MR) is 79.4 cm³/mol. The smallest absolute Gasteiger partial charge is 0.249 e. The Bertz CT molecular complexity index is 793. The van der Waals surface area contributed by atoms with Crippen molar-refractivity contribution in [2.45, 2.75) is 38.6 Å². The van der Waals surface area contributed by atoms with Gasteiger partial charge >= 0.3 is 0 Å². The van der Waals surface area contributed by atoms with E-state index in [1.54, 1.807) is 12.7 Å². The van der Waals surface area contributed by atoms with Crippen molar-refractivity contribution in [3.8, 4) is 0 Å². The summed E-state index contributed by atoms with van der Waals surface area (Å²) >= 11 is 0. The Kier molecular flexibility index (Phi) is 3.02. The molecule has 1 atom stereocenters. The molecule has 4 rings (SSSR count). The van der Waals surface area contributed by atoms with E-state index in [1.165, 1.54) is 0 Å². The van der Waals surface area contributed by atoms with Crippen molar-refractivity contribution in [3.63, 3.8) is 0 Å². The summed E-state index contributed by atoms with van der Waals surface area (Å²) in [5.41, 5.74) is 1.52. The number of anilines is 1. The fraction of sp³-hybridized carbons (Fsp3) is 0.500. The molecule has 1 aliphatic heterocycles. The SMILES string of the molecule is CC(C)c1noc([C@@H]2CCCN2c2ncnc3nc[nH]c23)n1. The van der Waals surface area contributed by atoms with E-state index in [2.05, 4.69) is 48.8 Å². The Morgan fingerprint density at radius 3 is 3.05 bits per heavy atom. The van der Waals surface area contributed by atoms with Gasteiger partial charge in [0.2, 0.25) is 5.89 Å². The second kappa shape index (κ2) is 5.04. The van der Waals surface area contributed by atoms with E-state index >= 15 is 0 Å². The zero-order valence-corrected chi connectivity index (χ0v) is 12.5. The molecule has 0 unspecified atom stereocenters. The van der Waals surface area contributed by atoms with Crippen LogP contribution in [0.5, 0.6) is 0 Å². The van der Waals surface area contributed by atoms with Crippen molar-refractivity contribution in [2.24, 2.45) is 0 Å². The number of nitrogens with one attached hydrogen (secondary N) is 1. The number of hydrogen-bond acceptors (Lipinski definition) is 7. The van der Waals surface area contributed by atoms with Gasteiger partial charge in [0.25, 0.3) is 0 Å². The van der Waals surface area contributed by atoms with Crippen molar-refractivity contribution in [1.82, 2.24) is 30.1 Å². The van der Waals surface area contributed by atoms with E-state index in [4.69, 9.17) is 4.52 Å². The van der Waals surface area contributed by atoms with Crippen molar-refractivity contribution in [2.75, 3.05) is 11.4 Å². The Morgan fingerprint density at radius 2 is 2.23 bits per heavy atom. The molecular formula is C14H17N7O. The molecule has 114 valence electrons. The number of fused-ring (bicyclic) bond motifs is 1. The van der Waals surface area contributed by atoms with E-state index in [-0.39, 0.29) is 12.0 Å². The van der Waals surface area contributed by atoms with E-state index in [9.17, 15) is 0 Å². The average molecular weight is 299 g/mol. The molecule has 4 heterocycles. The molecular weight excluding hydrogens is 282 g/mol. The molecule has 1 aliphatic rings. The summed E-state index contributed by atoms with van der Waals surface area (Å²) in [4.78, 5) is 22.6. The van der Waals surface area contributed by atoms with Crippen LogP contribution in [-0.4, -0.2) is 36.6 Å². The van der Waals surface area contributed by atoms with Gasteiger partial charge in [0.15, 0.2) is 17.3 Å². The summed E-state index contributed by atoms with van der Waals surface area (Å²) in [5.74, 6) is 2.50.